The molecule has 2 amide bonds. The molecule has 3 heterocycles. The predicted octanol–water partition coefficient (Wildman–Crippen LogP) is 4.02. The van der Waals surface area contributed by atoms with Gasteiger partial charge in [0.25, 0.3) is 0 Å². The Hall–Kier alpha value is -3.81. The lowest BCUT2D eigenvalue weighted by molar-refractivity contribution is -0.134. The molecular formula is C29H34N4O4. The molecule has 0 aliphatic carbocycles. The Kier molecular flexibility index (Phi) is 7.44. The van der Waals surface area contributed by atoms with Gasteiger partial charge in [-0.15, -0.1) is 0 Å². The van der Waals surface area contributed by atoms with Crippen molar-refractivity contribution in [2.45, 2.75) is 44.6 Å². The van der Waals surface area contributed by atoms with Crippen LogP contribution in [0.5, 0.6) is 11.5 Å². The van der Waals surface area contributed by atoms with Crippen LogP contribution in [0.4, 0.5) is 5.69 Å². The first-order valence-corrected chi connectivity index (χ1v) is 12.9. The molecule has 5 rings (SSSR count). The van der Waals surface area contributed by atoms with Gasteiger partial charge in [-0.05, 0) is 48.6 Å². The summed E-state index contributed by atoms with van der Waals surface area (Å²) in [7, 11) is 3.30. The van der Waals surface area contributed by atoms with Crippen LogP contribution in [0.15, 0.2) is 54.9 Å². The number of anilines is 1. The number of imidazole rings is 1. The third-order valence-electron chi connectivity index (χ3n) is 7.47. The van der Waals surface area contributed by atoms with Crippen LogP contribution in [0, 0.1) is 0 Å². The van der Waals surface area contributed by atoms with E-state index >= 15 is 0 Å². The number of carbonyl (C=O) groups excluding carboxylic acids is 2. The lowest BCUT2D eigenvalue weighted by Crippen LogP contribution is -2.39. The highest BCUT2D eigenvalue weighted by Gasteiger charge is 2.28. The largest absolute Gasteiger partial charge is 0.497 e. The van der Waals surface area contributed by atoms with Crippen molar-refractivity contribution in [2.75, 3.05) is 38.8 Å². The molecular weight excluding hydrogens is 468 g/mol. The van der Waals surface area contributed by atoms with E-state index < -0.39 is 0 Å². The van der Waals surface area contributed by atoms with Gasteiger partial charge in [0.05, 0.1) is 14.2 Å². The molecule has 194 valence electrons. The third kappa shape index (κ3) is 5.48. The van der Waals surface area contributed by atoms with Crippen LogP contribution in [0.3, 0.4) is 0 Å². The molecule has 2 aromatic carbocycles. The van der Waals surface area contributed by atoms with E-state index in [9.17, 15) is 9.59 Å². The number of hydrogen-bond acceptors (Lipinski definition) is 5. The summed E-state index contributed by atoms with van der Waals surface area (Å²) in [5.74, 6) is 2.94. The summed E-state index contributed by atoms with van der Waals surface area (Å²) in [5.41, 5.74) is 3.27. The number of methoxy groups -OCH3 is 2. The van der Waals surface area contributed by atoms with E-state index in [0.717, 1.165) is 47.8 Å². The van der Waals surface area contributed by atoms with Crippen molar-refractivity contribution in [1.82, 2.24) is 14.5 Å². The highest BCUT2D eigenvalue weighted by Crippen LogP contribution is 2.30. The summed E-state index contributed by atoms with van der Waals surface area (Å²) < 4.78 is 13.0. The van der Waals surface area contributed by atoms with Crippen LogP contribution >= 0.6 is 0 Å². The summed E-state index contributed by atoms with van der Waals surface area (Å²) in [5, 5.41) is 0. The molecule has 0 radical (unpaired) electrons. The lowest BCUT2D eigenvalue weighted by atomic mass is 9.95. The molecule has 1 aromatic heterocycles. The van der Waals surface area contributed by atoms with Crippen molar-refractivity contribution in [2.24, 2.45) is 0 Å². The molecule has 0 atom stereocenters. The van der Waals surface area contributed by atoms with Crippen molar-refractivity contribution in [1.29, 1.82) is 0 Å². The number of carbonyl (C=O) groups is 2. The fourth-order valence-corrected chi connectivity index (χ4v) is 5.46. The number of ether oxygens (including phenoxy) is 2. The van der Waals surface area contributed by atoms with Crippen molar-refractivity contribution >= 4 is 17.5 Å². The number of fused-ring (bicyclic) bond motifs is 1. The van der Waals surface area contributed by atoms with Crippen LogP contribution in [-0.2, 0) is 22.6 Å². The molecule has 3 aromatic rings. The minimum Gasteiger partial charge on any atom is -0.497 e. The molecule has 0 spiro atoms. The molecule has 2 aliphatic heterocycles. The van der Waals surface area contributed by atoms with E-state index in [0.29, 0.717) is 26.2 Å². The maximum Gasteiger partial charge on any atom is 0.227 e. The molecule has 37 heavy (non-hydrogen) atoms. The van der Waals surface area contributed by atoms with Gasteiger partial charge in [0.1, 0.15) is 17.3 Å². The molecule has 1 fully saturated rings. The Bertz CT molecular complexity index is 1240. The second kappa shape index (κ2) is 11.1. The number of nitrogens with zero attached hydrogens (tertiary/aromatic N) is 4. The fourth-order valence-electron chi connectivity index (χ4n) is 5.46. The van der Waals surface area contributed by atoms with Gasteiger partial charge in [-0.1, -0.05) is 18.2 Å². The first-order chi connectivity index (χ1) is 18.1. The highest BCUT2D eigenvalue weighted by atomic mass is 16.5. The molecule has 2 aliphatic rings. The third-order valence-corrected chi connectivity index (χ3v) is 7.47. The molecule has 8 heteroatoms. The number of benzene rings is 2. The normalized spacial score (nSPS) is 15.5. The first-order valence-electron chi connectivity index (χ1n) is 12.9. The maximum absolute atomic E-state index is 12.9. The number of piperidine rings is 1. The van der Waals surface area contributed by atoms with Crippen LogP contribution in [0.25, 0.3) is 0 Å². The van der Waals surface area contributed by atoms with Gasteiger partial charge in [-0.25, -0.2) is 4.98 Å². The summed E-state index contributed by atoms with van der Waals surface area (Å²) in [6.45, 7) is 2.74. The van der Waals surface area contributed by atoms with Crippen LogP contribution in [-0.4, -0.2) is 60.1 Å². The number of aromatic nitrogens is 2. The van der Waals surface area contributed by atoms with Gasteiger partial charge in [0.2, 0.25) is 11.8 Å². The monoisotopic (exact) mass is 502 g/mol. The Balaban J connectivity index is 1.14. The van der Waals surface area contributed by atoms with E-state index in [1.165, 1.54) is 5.56 Å². The number of likely N-dealkylation sites (tertiary alicyclic amines) is 1. The second-order valence-corrected chi connectivity index (χ2v) is 9.71. The van der Waals surface area contributed by atoms with E-state index in [-0.39, 0.29) is 30.6 Å². The van der Waals surface area contributed by atoms with E-state index in [4.69, 9.17) is 9.47 Å². The summed E-state index contributed by atoms with van der Waals surface area (Å²) in [6.07, 6.45) is 6.95. The Morgan fingerprint density at radius 3 is 2.38 bits per heavy atom. The Morgan fingerprint density at radius 1 is 0.946 bits per heavy atom. The zero-order valence-corrected chi connectivity index (χ0v) is 21.6. The van der Waals surface area contributed by atoms with Gasteiger partial charge in [-0.3, -0.25) is 9.59 Å². The lowest BCUT2D eigenvalue weighted by Gasteiger charge is -2.32. The number of rotatable bonds is 8. The van der Waals surface area contributed by atoms with Crippen molar-refractivity contribution in [3.63, 3.8) is 0 Å². The average Bonchev–Trinajstić information content (AvgIpc) is 3.58. The van der Waals surface area contributed by atoms with Gasteiger partial charge in [0.15, 0.2) is 0 Å². The first kappa shape index (κ1) is 24.9. The topological polar surface area (TPSA) is 76.9 Å². The van der Waals surface area contributed by atoms with Crippen LogP contribution < -0.4 is 14.4 Å². The second-order valence-electron chi connectivity index (χ2n) is 9.71. The molecule has 0 saturated carbocycles. The van der Waals surface area contributed by atoms with Crippen LogP contribution in [0.2, 0.25) is 0 Å². The minimum atomic E-state index is 0.0318. The Morgan fingerprint density at radius 2 is 1.65 bits per heavy atom. The molecule has 1 saturated heterocycles. The summed E-state index contributed by atoms with van der Waals surface area (Å²) in [4.78, 5) is 34.1. The molecule has 0 unspecified atom stereocenters. The van der Waals surface area contributed by atoms with Crippen molar-refractivity contribution in [3.8, 4) is 11.5 Å². The van der Waals surface area contributed by atoms with Gasteiger partial charge in [-0.2, -0.15) is 0 Å². The smallest absolute Gasteiger partial charge is 0.227 e. The van der Waals surface area contributed by atoms with E-state index in [1.807, 2.05) is 58.6 Å². The van der Waals surface area contributed by atoms with Crippen molar-refractivity contribution < 1.29 is 19.1 Å². The maximum atomic E-state index is 12.9. The Labute approximate surface area is 217 Å². The van der Waals surface area contributed by atoms with Gasteiger partial charge < -0.3 is 23.8 Å². The number of hydrogen-bond donors (Lipinski definition) is 0. The predicted molar refractivity (Wildman–Crippen MR) is 141 cm³/mol. The van der Waals surface area contributed by atoms with Crippen LogP contribution in [0.1, 0.15) is 48.6 Å². The van der Waals surface area contributed by atoms with Crippen molar-refractivity contribution in [3.05, 3.63) is 71.8 Å². The SMILES string of the molecule is COc1cc(Cn2ccnc2C2CCN(C(=O)CCC(=O)N3CCc4ccccc43)CC2)cc(OC)c1. The molecule has 8 nitrogen and oxygen atoms in total. The number of amides is 2. The van der Waals surface area contributed by atoms with Gasteiger partial charge >= 0.3 is 0 Å². The summed E-state index contributed by atoms with van der Waals surface area (Å²) >= 11 is 0. The molecule has 0 N–H and O–H groups in total. The standard InChI is InChI=1S/C29H34N4O4/c1-36-24-17-21(18-25(19-24)37-2)20-32-16-12-30-29(32)23-9-13-31(14-10-23)27(34)7-8-28(35)33-15-11-22-5-3-4-6-26(22)33/h3-6,12,16-19,23H,7-11,13-15,20H2,1-2H3. The van der Waals surface area contributed by atoms with Gasteiger partial charge in [0, 0.05) is 69.1 Å². The fraction of sp³-hybridized carbons (Fsp3) is 0.414. The zero-order chi connectivity index (χ0) is 25.8. The zero-order valence-electron chi connectivity index (χ0n) is 21.6. The van der Waals surface area contributed by atoms with E-state index in [1.54, 1.807) is 14.2 Å². The molecule has 0 bridgehead atoms. The van der Waals surface area contributed by atoms with E-state index in [2.05, 4.69) is 15.6 Å². The average molecular weight is 503 g/mol. The highest BCUT2D eigenvalue weighted by molar-refractivity contribution is 5.97. The minimum absolute atomic E-state index is 0.0318. The quantitative estimate of drug-likeness (QED) is 0.465. The summed E-state index contributed by atoms with van der Waals surface area (Å²) in [6, 6.07) is 13.9. The number of para-hydroxylation sites is 1.